The van der Waals surface area contributed by atoms with Gasteiger partial charge in [0.15, 0.2) is 11.6 Å². The number of ketones is 2. The van der Waals surface area contributed by atoms with Crippen LogP contribution in [-0.4, -0.2) is 25.7 Å². The number of hydrogen-bond acceptors (Lipinski definition) is 5. The fourth-order valence-electron chi connectivity index (χ4n) is 2.75. The highest BCUT2D eigenvalue weighted by Crippen LogP contribution is 2.25. The quantitative estimate of drug-likeness (QED) is 0.744. The first-order valence-corrected chi connectivity index (χ1v) is 6.88. The first-order valence-electron chi connectivity index (χ1n) is 6.88. The Bertz CT molecular complexity index is 1050. The molecular weight excluding hydrogens is 298 g/mol. The van der Waals surface area contributed by atoms with Crippen LogP contribution >= 0.6 is 0 Å². The Balaban J connectivity index is 2.67. The van der Waals surface area contributed by atoms with Gasteiger partial charge in [-0.3, -0.25) is 23.5 Å². The molecule has 1 aliphatic carbocycles. The fourth-order valence-corrected chi connectivity index (χ4v) is 2.75. The number of aromatic nitrogens is 3. The molecule has 3 rings (SSSR count). The van der Waals surface area contributed by atoms with E-state index in [1.54, 1.807) is 6.08 Å². The van der Waals surface area contributed by atoms with Crippen LogP contribution in [0.2, 0.25) is 0 Å². The highest BCUT2D eigenvalue weighted by Gasteiger charge is 2.29. The third-order valence-corrected chi connectivity index (χ3v) is 3.88. The van der Waals surface area contributed by atoms with Crippen molar-refractivity contribution < 1.29 is 9.59 Å². The van der Waals surface area contributed by atoms with Crippen LogP contribution in [0.4, 0.5) is 0 Å². The van der Waals surface area contributed by atoms with E-state index in [1.165, 1.54) is 18.7 Å². The molecular formula is C16H13N3O4. The van der Waals surface area contributed by atoms with E-state index in [0.717, 1.165) is 16.7 Å². The second-order valence-corrected chi connectivity index (χ2v) is 5.27. The van der Waals surface area contributed by atoms with Gasteiger partial charge in [-0.15, -0.1) is 6.58 Å². The number of pyridine rings is 1. The smallest absolute Gasteiger partial charge is 0.289 e. The van der Waals surface area contributed by atoms with Crippen molar-refractivity contribution in [1.82, 2.24) is 14.1 Å². The van der Waals surface area contributed by atoms with Crippen LogP contribution < -0.4 is 11.2 Å². The summed E-state index contributed by atoms with van der Waals surface area (Å²) in [5.41, 5.74) is -0.659. The van der Waals surface area contributed by atoms with Gasteiger partial charge in [-0.1, -0.05) is 6.08 Å². The normalized spacial score (nSPS) is 13.5. The zero-order chi connectivity index (χ0) is 16.9. The van der Waals surface area contributed by atoms with Gasteiger partial charge in [0.25, 0.3) is 5.56 Å². The van der Waals surface area contributed by atoms with E-state index in [9.17, 15) is 19.2 Å². The van der Waals surface area contributed by atoms with E-state index in [2.05, 4.69) is 11.6 Å². The summed E-state index contributed by atoms with van der Waals surface area (Å²) in [6, 6.07) is 0. The molecule has 0 aliphatic heterocycles. The molecule has 1 aliphatic rings. The third kappa shape index (κ3) is 1.93. The largest absolute Gasteiger partial charge is 0.332 e. The van der Waals surface area contributed by atoms with Crippen molar-refractivity contribution in [2.45, 2.75) is 6.42 Å². The Morgan fingerprint density at radius 3 is 2.26 bits per heavy atom. The Morgan fingerprint density at radius 1 is 1.04 bits per heavy atom. The Hall–Kier alpha value is -3.09. The van der Waals surface area contributed by atoms with Gasteiger partial charge < -0.3 is 0 Å². The molecule has 7 heteroatoms. The SMILES string of the molecule is C=CCc1nc2c(c3c1C(=O)C=CC3=O)c(=O)n(C)c(=O)n2C. The summed E-state index contributed by atoms with van der Waals surface area (Å²) in [5.74, 6) is -0.838. The average Bonchev–Trinajstić information content (AvgIpc) is 2.53. The molecule has 2 aromatic heterocycles. The molecule has 116 valence electrons. The summed E-state index contributed by atoms with van der Waals surface area (Å²) in [6.45, 7) is 3.61. The van der Waals surface area contributed by atoms with E-state index in [1.807, 2.05) is 0 Å². The van der Waals surface area contributed by atoms with Crippen LogP contribution in [0, 0.1) is 0 Å². The van der Waals surface area contributed by atoms with Gasteiger partial charge in [-0.2, -0.15) is 0 Å². The monoisotopic (exact) mass is 311 g/mol. The number of carbonyl (C=O) groups is 2. The number of carbonyl (C=O) groups excluding carboxylic acids is 2. The predicted octanol–water partition coefficient (Wildman–Crippen LogP) is 0.296. The Kier molecular flexibility index (Phi) is 3.21. The van der Waals surface area contributed by atoms with Crippen molar-refractivity contribution in [3.63, 3.8) is 0 Å². The summed E-state index contributed by atoms with van der Waals surface area (Å²) in [7, 11) is 2.78. The number of aryl methyl sites for hydroxylation is 1. The maximum Gasteiger partial charge on any atom is 0.332 e. The second-order valence-electron chi connectivity index (χ2n) is 5.27. The summed E-state index contributed by atoms with van der Waals surface area (Å²) in [4.78, 5) is 53.4. The molecule has 0 spiro atoms. The molecule has 0 unspecified atom stereocenters. The van der Waals surface area contributed by atoms with Crippen molar-refractivity contribution >= 4 is 22.6 Å². The lowest BCUT2D eigenvalue weighted by Crippen LogP contribution is -2.38. The van der Waals surface area contributed by atoms with Crippen LogP contribution in [-0.2, 0) is 20.5 Å². The summed E-state index contributed by atoms with van der Waals surface area (Å²) in [6.07, 6.45) is 4.09. The van der Waals surface area contributed by atoms with Crippen LogP contribution in [0.15, 0.2) is 34.4 Å². The van der Waals surface area contributed by atoms with Gasteiger partial charge in [-0.25, -0.2) is 9.78 Å². The maximum atomic E-state index is 12.5. The van der Waals surface area contributed by atoms with Crippen LogP contribution in [0.25, 0.3) is 11.0 Å². The molecule has 0 radical (unpaired) electrons. The first-order chi connectivity index (χ1) is 10.9. The summed E-state index contributed by atoms with van der Waals surface area (Å²) >= 11 is 0. The van der Waals surface area contributed by atoms with Crippen molar-refractivity contribution in [3.05, 3.63) is 62.5 Å². The minimum Gasteiger partial charge on any atom is -0.289 e. The van der Waals surface area contributed by atoms with E-state index in [0.29, 0.717) is 5.69 Å². The predicted molar refractivity (Wildman–Crippen MR) is 83.9 cm³/mol. The van der Waals surface area contributed by atoms with Crippen molar-refractivity contribution in [2.75, 3.05) is 0 Å². The molecule has 0 saturated carbocycles. The van der Waals surface area contributed by atoms with E-state index < -0.39 is 17.0 Å². The molecule has 0 amide bonds. The van der Waals surface area contributed by atoms with E-state index in [-0.39, 0.29) is 34.4 Å². The molecule has 23 heavy (non-hydrogen) atoms. The van der Waals surface area contributed by atoms with Crippen LogP contribution in [0.5, 0.6) is 0 Å². The summed E-state index contributed by atoms with van der Waals surface area (Å²) < 4.78 is 2.09. The Labute approximate surface area is 130 Å². The van der Waals surface area contributed by atoms with E-state index in [4.69, 9.17) is 0 Å². The zero-order valence-electron chi connectivity index (χ0n) is 12.6. The average molecular weight is 311 g/mol. The van der Waals surface area contributed by atoms with Gasteiger partial charge >= 0.3 is 5.69 Å². The fraction of sp³-hybridized carbons (Fsp3) is 0.188. The van der Waals surface area contributed by atoms with E-state index >= 15 is 0 Å². The molecule has 0 fully saturated rings. The van der Waals surface area contributed by atoms with Gasteiger partial charge in [-0.05, 0) is 12.2 Å². The number of nitrogens with zero attached hydrogens (tertiary/aromatic N) is 3. The molecule has 7 nitrogen and oxygen atoms in total. The highest BCUT2D eigenvalue weighted by molar-refractivity contribution is 6.26. The van der Waals surface area contributed by atoms with Gasteiger partial charge in [0, 0.05) is 20.5 Å². The lowest BCUT2D eigenvalue weighted by molar-refractivity contribution is 0.0994. The third-order valence-electron chi connectivity index (χ3n) is 3.88. The van der Waals surface area contributed by atoms with Crippen LogP contribution in [0.1, 0.15) is 26.4 Å². The number of allylic oxidation sites excluding steroid dienone is 3. The Morgan fingerprint density at radius 2 is 1.65 bits per heavy atom. The van der Waals surface area contributed by atoms with Gasteiger partial charge in [0.1, 0.15) is 5.65 Å². The van der Waals surface area contributed by atoms with Crippen molar-refractivity contribution in [1.29, 1.82) is 0 Å². The minimum atomic E-state index is -0.645. The summed E-state index contributed by atoms with van der Waals surface area (Å²) in [5, 5.41) is -0.0138. The number of rotatable bonds is 2. The molecule has 0 saturated heterocycles. The number of hydrogen-bond donors (Lipinski definition) is 0. The zero-order valence-corrected chi connectivity index (χ0v) is 12.6. The van der Waals surface area contributed by atoms with Crippen molar-refractivity contribution in [3.8, 4) is 0 Å². The minimum absolute atomic E-state index is 0.00977. The molecule has 2 aromatic rings. The van der Waals surface area contributed by atoms with Gasteiger partial charge in [0.05, 0.1) is 22.2 Å². The maximum absolute atomic E-state index is 12.5. The second kappa shape index (κ2) is 4.98. The molecule has 0 atom stereocenters. The first kappa shape index (κ1) is 14.8. The lowest BCUT2D eigenvalue weighted by atomic mass is 9.90. The standard InChI is InChI=1S/C16H13N3O4/c1-4-5-8-11-9(20)6-7-10(21)12(11)13-14(17-8)18(2)16(23)19(3)15(13)22/h4,6-7H,1,5H2,2-3H3. The van der Waals surface area contributed by atoms with Crippen molar-refractivity contribution in [2.24, 2.45) is 14.1 Å². The van der Waals surface area contributed by atoms with Crippen LogP contribution in [0.3, 0.4) is 0 Å². The molecule has 0 N–H and O–H groups in total. The topological polar surface area (TPSA) is 91.0 Å². The lowest BCUT2D eigenvalue weighted by Gasteiger charge is -2.17. The number of fused-ring (bicyclic) bond motifs is 3. The molecule has 0 aromatic carbocycles. The highest BCUT2D eigenvalue weighted by atomic mass is 16.2. The van der Waals surface area contributed by atoms with Gasteiger partial charge in [0.2, 0.25) is 0 Å². The molecule has 2 heterocycles. The molecule has 0 bridgehead atoms.